The fourth-order valence-corrected chi connectivity index (χ4v) is 3.53. The minimum Gasteiger partial charge on any atom is -0.489 e. The third kappa shape index (κ3) is 5.47. The Morgan fingerprint density at radius 1 is 1.25 bits per heavy atom. The molecule has 0 N–H and O–H groups in total. The Morgan fingerprint density at radius 2 is 2.04 bits per heavy atom. The SMILES string of the molecule is CCCOc1ccc(N2CCC(Oc3ccc([C@H](C)CC(C)=O)cc3)C2)cn1. The molecule has 0 spiro atoms. The molecule has 1 fully saturated rings. The number of ether oxygens (including phenoxy) is 2. The number of carbonyl (C=O) groups is 1. The molecule has 1 aliphatic rings. The lowest BCUT2D eigenvalue weighted by Crippen LogP contribution is -2.24. The van der Waals surface area contributed by atoms with E-state index >= 15 is 0 Å². The molecule has 1 aromatic carbocycles. The number of nitrogens with zero attached hydrogens (tertiary/aromatic N) is 2. The average molecular weight is 383 g/mol. The molecule has 28 heavy (non-hydrogen) atoms. The van der Waals surface area contributed by atoms with Crippen molar-refractivity contribution in [3.8, 4) is 11.6 Å². The third-order valence-corrected chi connectivity index (χ3v) is 5.03. The van der Waals surface area contributed by atoms with Crippen molar-refractivity contribution in [1.29, 1.82) is 0 Å². The minimum atomic E-state index is 0.163. The maximum atomic E-state index is 11.3. The first kappa shape index (κ1) is 20.2. The van der Waals surface area contributed by atoms with Gasteiger partial charge in [-0.2, -0.15) is 0 Å². The lowest BCUT2D eigenvalue weighted by atomic mass is 9.96. The fourth-order valence-electron chi connectivity index (χ4n) is 3.53. The van der Waals surface area contributed by atoms with Crippen molar-refractivity contribution < 1.29 is 14.3 Å². The van der Waals surface area contributed by atoms with Gasteiger partial charge in [0.05, 0.1) is 25.0 Å². The molecule has 150 valence electrons. The number of Topliss-reactive ketones (excluding diaryl/α,β-unsaturated/α-hetero) is 1. The number of carbonyl (C=O) groups excluding carboxylic acids is 1. The molecule has 0 bridgehead atoms. The highest BCUT2D eigenvalue weighted by molar-refractivity contribution is 5.76. The zero-order valence-corrected chi connectivity index (χ0v) is 17.1. The van der Waals surface area contributed by atoms with E-state index in [4.69, 9.17) is 9.47 Å². The summed E-state index contributed by atoms with van der Waals surface area (Å²) in [6.07, 6.45) is 4.57. The van der Waals surface area contributed by atoms with Gasteiger partial charge < -0.3 is 19.2 Å². The maximum absolute atomic E-state index is 11.3. The van der Waals surface area contributed by atoms with Crippen LogP contribution in [0.3, 0.4) is 0 Å². The molecule has 0 saturated carbocycles. The van der Waals surface area contributed by atoms with Crippen molar-refractivity contribution in [3.05, 3.63) is 48.2 Å². The standard InChI is InChI=1S/C23H30N2O3/c1-4-13-27-23-10-7-20(15-24-23)25-12-11-22(16-25)28-21-8-5-19(6-9-21)17(2)14-18(3)26/h5-10,15,17,22H,4,11-14,16H2,1-3H3/t17-,22?/m1/s1. The van der Waals surface area contributed by atoms with Crippen molar-refractivity contribution in [2.24, 2.45) is 0 Å². The smallest absolute Gasteiger partial charge is 0.213 e. The molecule has 5 nitrogen and oxygen atoms in total. The van der Waals surface area contributed by atoms with Gasteiger partial charge in [-0.3, -0.25) is 0 Å². The van der Waals surface area contributed by atoms with Crippen LogP contribution in [0.5, 0.6) is 11.6 Å². The van der Waals surface area contributed by atoms with Gasteiger partial charge in [-0.1, -0.05) is 26.0 Å². The predicted molar refractivity (Wildman–Crippen MR) is 111 cm³/mol. The molecule has 3 rings (SSSR count). The molecule has 1 saturated heterocycles. The summed E-state index contributed by atoms with van der Waals surface area (Å²) < 4.78 is 11.7. The first-order valence-corrected chi connectivity index (χ1v) is 10.1. The summed E-state index contributed by atoms with van der Waals surface area (Å²) >= 11 is 0. The van der Waals surface area contributed by atoms with Crippen molar-refractivity contribution >= 4 is 11.5 Å². The molecule has 2 atom stereocenters. The van der Waals surface area contributed by atoms with Gasteiger partial charge >= 0.3 is 0 Å². The molecular formula is C23H30N2O3. The Bertz CT molecular complexity index is 758. The molecule has 2 aromatic rings. The molecule has 2 heterocycles. The highest BCUT2D eigenvalue weighted by Crippen LogP contribution is 2.26. The first-order chi connectivity index (χ1) is 13.5. The number of hydrogen-bond donors (Lipinski definition) is 0. The number of pyridine rings is 1. The Balaban J connectivity index is 1.52. The van der Waals surface area contributed by atoms with Crippen LogP contribution in [0, 0.1) is 0 Å². The Labute approximate surface area is 167 Å². The largest absolute Gasteiger partial charge is 0.489 e. The molecule has 0 amide bonds. The Morgan fingerprint density at radius 3 is 2.68 bits per heavy atom. The van der Waals surface area contributed by atoms with Gasteiger partial charge in [-0.05, 0) is 43.0 Å². The zero-order chi connectivity index (χ0) is 19.9. The quantitative estimate of drug-likeness (QED) is 0.634. The highest BCUT2D eigenvalue weighted by atomic mass is 16.5. The second-order valence-electron chi connectivity index (χ2n) is 7.55. The van der Waals surface area contributed by atoms with Crippen LogP contribution in [0.4, 0.5) is 5.69 Å². The summed E-state index contributed by atoms with van der Waals surface area (Å²) in [5, 5.41) is 0. The minimum absolute atomic E-state index is 0.163. The summed E-state index contributed by atoms with van der Waals surface area (Å²) in [5.41, 5.74) is 2.27. The van der Waals surface area contributed by atoms with E-state index in [0.717, 1.165) is 37.4 Å². The number of rotatable bonds is 9. The van der Waals surface area contributed by atoms with Crippen molar-refractivity contribution in [2.75, 3.05) is 24.6 Å². The molecule has 1 aromatic heterocycles. The number of ketones is 1. The summed E-state index contributed by atoms with van der Waals surface area (Å²) in [7, 11) is 0. The van der Waals surface area contributed by atoms with Gasteiger partial charge in [0.1, 0.15) is 17.6 Å². The van der Waals surface area contributed by atoms with E-state index in [1.165, 1.54) is 5.56 Å². The van der Waals surface area contributed by atoms with Crippen molar-refractivity contribution in [3.63, 3.8) is 0 Å². The monoisotopic (exact) mass is 382 g/mol. The molecule has 5 heteroatoms. The van der Waals surface area contributed by atoms with Crippen LogP contribution in [-0.2, 0) is 4.79 Å². The van der Waals surface area contributed by atoms with Crippen LogP contribution in [0.15, 0.2) is 42.6 Å². The van der Waals surface area contributed by atoms with E-state index in [1.54, 1.807) is 6.92 Å². The van der Waals surface area contributed by atoms with E-state index in [-0.39, 0.29) is 17.8 Å². The lowest BCUT2D eigenvalue weighted by Gasteiger charge is -2.19. The summed E-state index contributed by atoms with van der Waals surface area (Å²) in [4.78, 5) is 18.0. The van der Waals surface area contributed by atoms with E-state index in [0.29, 0.717) is 18.9 Å². The number of anilines is 1. The van der Waals surface area contributed by atoms with E-state index in [9.17, 15) is 4.79 Å². The van der Waals surface area contributed by atoms with Crippen molar-refractivity contribution in [1.82, 2.24) is 4.98 Å². The second kappa shape index (κ2) is 9.58. The van der Waals surface area contributed by atoms with Crippen LogP contribution in [-0.4, -0.2) is 36.6 Å². The van der Waals surface area contributed by atoms with Gasteiger partial charge in [-0.25, -0.2) is 4.98 Å². The van der Waals surface area contributed by atoms with Gasteiger partial charge in [0.15, 0.2) is 0 Å². The van der Waals surface area contributed by atoms with Gasteiger partial charge in [0.2, 0.25) is 5.88 Å². The highest BCUT2D eigenvalue weighted by Gasteiger charge is 2.24. The molecule has 1 unspecified atom stereocenters. The second-order valence-corrected chi connectivity index (χ2v) is 7.55. The number of benzene rings is 1. The molecule has 1 aliphatic heterocycles. The summed E-state index contributed by atoms with van der Waals surface area (Å²) in [6, 6.07) is 12.1. The fraction of sp³-hybridized carbons (Fsp3) is 0.478. The normalized spacial score (nSPS) is 17.4. The molecule has 0 radical (unpaired) electrons. The number of hydrogen-bond acceptors (Lipinski definition) is 5. The molecular weight excluding hydrogens is 352 g/mol. The molecule has 0 aliphatic carbocycles. The zero-order valence-electron chi connectivity index (χ0n) is 17.1. The maximum Gasteiger partial charge on any atom is 0.213 e. The van der Waals surface area contributed by atoms with Crippen LogP contribution in [0.1, 0.15) is 51.5 Å². The topological polar surface area (TPSA) is 51.7 Å². The summed E-state index contributed by atoms with van der Waals surface area (Å²) in [5.74, 6) is 2.02. The summed E-state index contributed by atoms with van der Waals surface area (Å²) in [6.45, 7) is 8.30. The van der Waals surface area contributed by atoms with Gasteiger partial charge in [0, 0.05) is 25.5 Å². The van der Waals surface area contributed by atoms with Crippen LogP contribution < -0.4 is 14.4 Å². The Hall–Kier alpha value is -2.56. The Kier molecular flexibility index (Phi) is 6.90. The number of aromatic nitrogens is 1. The average Bonchev–Trinajstić information content (AvgIpc) is 3.15. The predicted octanol–water partition coefficient (Wildman–Crippen LogP) is 4.61. The van der Waals surface area contributed by atoms with Crippen LogP contribution in [0.2, 0.25) is 0 Å². The van der Waals surface area contributed by atoms with Crippen molar-refractivity contribution in [2.45, 2.75) is 52.1 Å². The third-order valence-electron chi connectivity index (χ3n) is 5.03. The van der Waals surface area contributed by atoms with Crippen LogP contribution in [0.25, 0.3) is 0 Å². The van der Waals surface area contributed by atoms with E-state index in [2.05, 4.69) is 41.9 Å². The van der Waals surface area contributed by atoms with E-state index < -0.39 is 0 Å². The first-order valence-electron chi connectivity index (χ1n) is 10.1. The van der Waals surface area contributed by atoms with E-state index in [1.807, 2.05) is 24.4 Å². The van der Waals surface area contributed by atoms with Gasteiger partial charge in [-0.15, -0.1) is 0 Å². The van der Waals surface area contributed by atoms with Crippen LogP contribution >= 0.6 is 0 Å². The lowest BCUT2D eigenvalue weighted by molar-refractivity contribution is -0.117. The van der Waals surface area contributed by atoms with Gasteiger partial charge in [0.25, 0.3) is 0 Å².